The molecule has 110 valence electrons. The Labute approximate surface area is 125 Å². The van der Waals surface area contributed by atoms with Crippen LogP contribution in [0.2, 0.25) is 0 Å². The summed E-state index contributed by atoms with van der Waals surface area (Å²) in [6, 6.07) is 11.7. The Balaban J connectivity index is 2.32. The van der Waals surface area contributed by atoms with Crippen molar-refractivity contribution < 1.29 is 13.2 Å². The molecule has 1 N–H and O–H groups in total. The molecule has 0 amide bonds. The third-order valence-corrected chi connectivity index (χ3v) is 4.43. The van der Waals surface area contributed by atoms with Crippen molar-refractivity contribution in [3.8, 4) is 5.75 Å². The number of hydrogen-bond donors (Lipinski definition) is 1. The number of rotatable bonds is 5. The third kappa shape index (κ3) is 3.44. The molecule has 0 unspecified atom stereocenters. The zero-order chi connectivity index (χ0) is 15.5. The first-order chi connectivity index (χ1) is 9.96. The summed E-state index contributed by atoms with van der Waals surface area (Å²) in [7, 11) is -2.05. The van der Waals surface area contributed by atoms with Crippen LogP contribution in [0.3, 0.4) is 0 Å². The number of nitrogens with one attached hydrogen (secondary N) is 1. The van der Waals surface area contributed by atoms with Crippen molar-refractivity contribution in [1.29, 1.82) is 0 Å². The maximum absolute atomic E-state index is 12.3. The Hall–Kier alpha value is -2.27. The van der Waals surface area contributed by atoms with Gasteiger partial charge in [-0.2, -0.15) is 0 Å². The van der Waals surface area contributed by atoms with Crippen LogP contribution in [-0.2, 0) is 10.0 Å². The number of methoxy groups -OCH3 is 1. The summed E-state index contributed by atoms with van der Waals surface area (Å²) in [4.78, 5) is 0.226. The standard InChI is InChI=1S/C16H17NO3S/c1-4-13-11-14(7-10-16(13)20-3)17-21(18,19)15-8-5-12(2)6-9-15/h4-11,17H,1H2,2-3H3. The lowest BCUT2D eigenvalue weighted by Crippen LogP contribution is -2.13. The Morgan fingerprint density at radius 3 is 2.38 bits per heavy atom. The summed E-state index contributed by atoms with van der Waals surface area (Å²) < 4.78 is 32.3. The van der Waals surface area contributed by atoms with Crippen molar-refractivity contribution in [1.82, 2.24) is 0 Å². The molecule has 0 radical (unpaired) electrons. The van der Waals surface area contributed by atoms with Gasteiger partial charge in [-0.25, -0.2) is 8.42 Å². The van der Waals surface area contributed by atoms with E-state index in [1.54, 1.807) is 55.7 Å². The van der Waals surface area contributed by atoms with Crippen molar-refractivity contribution in [2.45, 2.75) is 11.8 Å². The minimum atomic E-state index is -3.60. The van der Waals surface area contributed by atoms with Gasteiger partial charge in [0.15, 0.2) is 0 Å². The molecule has 0 saturated heterocycles. The summed E-state index contributed by atoms with van der Waals surface area (Å²) in [6.45, 7) is 5.59. The third-order valence-electron chi connectivity index (χ3n) is 3.03. The number of benzene rings is 2. The van der Waals surface area contributed by atoms with E-state index in [0.717, 1.165) is 11.1 Å². The molecule has 2 aromatic carbocycles. The molecule has 0 atom stereocenters. The van der Waals surface area contributed by atoms with Crippen LogP contribution in [0.25, 0.3) is 6.08 Å². The predicted octanol–water partition coefficient (Wildman–Crippen LogP) is 3.45. The smallest absolute Gasteiger partial charge is 0.261 e. The van der Waals surface area contributed by atoms with Crippen LogP contribution in [0.1, 0.15) is 11.1 Å². The van der Waals surface area contributed by atoms with Gasteiger partial charge in [-0.15, -0.1) is 0 Å². The van der Waals surface area contributed by atoms with Gasteiger partial charge in [0.05, 0.1) is 12.0 Å². The summed E-state index contributed by atoms with van der Waals surface area (Å²) in [5.41, 5.74) is 2.19. The average Bonchev–Trinajstić information content (AvgIpc) is 2.47. The van der Waals surface area contributed by atoms with E-state index in [4.69, 9.17) is 4.74 Å². The largest absolute Gasteiger partial charge is 0.496 e. The zero-order valence-electron chi connectivity index (χ0n) is 12.0. The van der Waals surface area contributed by atoms with Crippen LogP contribution >= 0.6 is 0 Å². The molecule has 0 heterocycles. The highest BCUT2D eigenvalue weighted by atomic mass is 32.2. The molecule has 0 aliphatic heterocycles. The summed E-state index contributed by atoms with van der Waals surface area (Å²) >= 11 is 0. The van der Waals surface area contributed by atoms with E-state index < -0.39 is 10.0 Å². The first kappa shape index (κ1) is 15.1. The Kier molecular flexibility index (Phi) is 4.33. The first-order valence-electron chi connectivity index (χ1n) is 6.36. The molecule has 0 saturated carbocycles. The van der Waals surface area contributed by atoms with Crippen LogP contribution in [0.4, 0.5) is 5.69 Å². The van der Waals surface area contributed by atoms with Crippen molar-refractivity contribution in [2.24, 2.45) is 0 Å². The second-order valence-electron chi connectivity index (χ2n) is 4.58. The molecule has 2 aromatic rings. The minimum absolute atomic E-state index is 0.226. The summed E-state index contributed by atoms with van der Waals surface area (Å²) in [6.07, 6.45) is 1.61. The molecule has 5 heteroatoms. The van der Waals surface area contributed by atoms with Crippen LogP contribution in [0.5, 0.6) is 5.75 Å². The molecular formula is C16H17NO3S. The Morgan fingerprint density at radius 2 is 1.81 bits per heavy atom. The average molecular weight is 303 g/mol. The predicted molar refractivity (Wildman–Crippen MR) is 85.1 cm³/mol. The van der Waals surface area contributed by atoms with Crippen LogP contribution < -0.4 is 9.46 Å². The van der Waals surface area contributed by atoms with Crippen molar-refractivity contribution in [3.63, 3.8) is 0 Å². The lowest BCUT2D eigenvalue weighted by Gasteiger charge is -2.11. The van der Waals surface area contributed by atoms with Crippen LogP contribution in [0.15, 0.2) is 53.9 Å². The molecule has 0 fully saturated rings. The first-order valence-corrected chi connectivity index (χ1v) is 7.84. The van der Waals surface area contributed by atoms with Gasteiger partial charge >= 0.3 is 0 Å². The van der Waals surface area contributed by atoms with E-state index in [9.17, 15) is 8.42 Å². The number of sulfonamides is 1. The normalized spacial score (nSPS) is 11.0. The van der Waals surface area contributed by atoms with Crippen LogP contribution in [-0.4, -0.2) is 15.5 Å². The van der Waals surface area contributed by atoms with Crippen molar-refractivity contribution in [2.75, 3.05) is 11.8 Å². The molecule has 0 bridgehead atoms. The van der Waals surface area contributed by atoms with Crippen molar-refractivity contribution in [3.05, 3.63) is 60.2 Å². The molecule has 0 aliphatic rings. The summed E-state index contributed by atoms with van der Waals surface area (Å²) in [5.74, 6) is 0.642. The van der Waals surface area contributed by atoms with Gasteiger partial charge in [0.1, 0.15) is 5.75 Å². The van der Waals surface area contributed by atoms with E-state index >= 15 is 0 Å². The monoisotopic (exact) mass is 303 g/mol. The molecule has 21 heavy (non-hydrogen) atoms. The summed E-state index contributed by atoms with van der Waals surface area (Å²) in [5, 5.41) is 0. The van der Waals surface area contributed by atoms with E-state index in [2.05, 4.69) is 11.3 Å². The second kappa shape index (κ2) is 6.01. The fraction of sp³-hybridized carbons (Fsp3) is 0.125. The molecule has 0 aliphatic carbocycles. The van der Waals surface area contributed by atoms with Gasteiger partial charge in [0.2, 0.25) is 0 Å². The van der Waals surface area contributed by atoms with Gasteiger partial charge in [0.25, 0.3) is 10.0 Å². The number of anilines is 1. The fourth-order valence-corrected chi connectivity index (χ4v) is 2.94. The number of ether oxygens (including phenoxy) is 1. The van der Waals surface area contributed by atoms with Gasteiger partial charge in [-0.3, -0.25) is 4.72 Å². The molecule has 0 aromatic heterocycles. The van der Waals surface area contributed by atoms with Crippen LogP contribution in [0, 0.1) is 6.92 Å². The van der Waals surface area contributed by atoms with E-state index in [1.807, 2.05) is 6.92 Å². The van der Waals surface area contributed by atoms with Gasteiger partial charge in [0, 0.05) is 11.3 Å². The van der Waals surface area contributed by atoms with E-state index in [-0.39, 0.29) is 4.90 Å². The number of hydrogen-bond acceptors (Lipinski definition) is 3. The molecular weight excluding hydrogens is 286 g/mol. The highest BCUT2D eigenvalue weighted by Gasteiger charge is 2.14. The Bertz CT molecular complexity index is 750. The van der Waals surface area contributed by atoms with Gasteiger partial charge in [-0.1, -0.05) is 30.4 Å². The lowest BCUT2D eigenvalue weighted by atomic mass is 10.2. The van der Waals surface area contributed by atoms with Gasteiger partial charge in [-0.05, 0) is 37.3 Å². The van der Waals surface area contributed by atoms with Crippen molar-refractivity contribution >= 4 is 21.8 Å². The SMILES string of the molecule is C=Cc1cc(NS(=O)(=O)c2ccc(C)cc2)ccc1OC. The number of aryl methyl sites for hydroxylation is 1. The lowest BCUT2D eigenvalue weighted by molar-refractivity contribution is 0.414. The maximum Gasteiger partial charge on any atom is 0.261 e. The van der Waals surface area contributed by atoms with E-state index in [0.29, 0.717) is 11.4 Å². The quantitative estimate of drug-likeness (QED) is 0.920. The Morgan fingerprint density at radius 1 is 1.14 bits per heavy atom. The highest BCUT2D eigenvalue weighted by molar-refractivity contribution is 7.92. The molecule has 2 rings (SSSR count). The molecule has 4 nitrogen and oxygen atoms in total. The van der Waals surface area contributed by atoms with E-state index in [1.165, 1.54) is 0 Å². The molecule has 0 spiro atoms. The maximum atomic E-state index is 12.3. The zero-order valence-corrected chi connectivity index (χ0v) is 12.8. The highest BCUT2D eigenvalue weighted by Crippen LogP contribution is 2.25. The second-order valence-corrected chi connectivity index (χ2v) is 6.26. The minimum Gasteiger partial charge on any atom is -0.496 e. The fourth-order valence-electron chi connectivity index (χ4n) is 1.89. The van der Waals surface area contributed by atoms with Gasteiger partial charge < -0.3 is 4.74 Å². The topological polar surface area (TPSA) is 55.4 Å².